The van der Waals surface area contributed by atoms with Crippen molar-refractivity contribution in [2.24, 2.45) is 12.5 Å². The number of aryl methyl sites for hydroxylation is 1. The smallest absolute Gasteiger partial charge is 0.227 e. The minimum atomic E-state index is 0.279. The van der Waals surface area contributed by atoms with Crippen LogP contribution in [-0.4, -0.2) is 58.1 Å². The van der Waals surface area contributed by atoms with Crippen molar-refractivity contribution in [3.8, 4) is 16.9 Å². The van der Waals surface area contributed by atoms with Gasteiger partial charge in [-0.05, 0) is 30.2 Å². The van der Waals surface area contributed by atoms with Gasteiger partial charge in [0.15, 0.2) is 5.82 Å². The molecular weight excluding hydrogens is 418 g/mol. The second kappa shape index (κ2) is 7.70. The Hall–Kier alpha value is -3.72. The average molecular weight is 444 g/mol. The van der Waals surface area contributed by atoms with Crippen LogP contribution in [0.2, 0.25) is 0 Å². The molecule has 5 heterocycles. The lowest BCUT2D eigenvalue weighted by atomic mass is 9.85. The molecule has 0 aliphatic carbocycles. The third-order valence-electron chi connectivity index (χ3n) is 6.52. The zero-order valence-corrected chi connectivity index (χ0v) is 18.7. The molecule has 0 unspecified atom stereocenters. The maximum Gasteiger partial charge on any atom is 0.227 e. The predicted molar refractivity (Wildman–Crippen MR) is 126 cm³/mol. The van der Waals surface area contributed by atoms with Crippen LogP contribution >= 0.6 is 0 Å². The van der Waals surface area contributed by atoms with E-state index in [0.29, 0.717) is 11.7 Å². The third-order valence-corrected chi connectivity index (χ3v) is 6.52. The van der Waals surface area contributed by atoms with Crippen LogP contribution in [0.15, 0.2) is 49.1 Å². The summed E-state index contributed by atoms with van der Waals surface area (Å²) in [5.74, 6) is 2.11. The van der Waals surface area contributed by atoms with Crippen molar-refractivity contribution < 1.29 is 9.47 Å². The van der Waals surface area contributed by atoms with Crippen molar-refractivity contribution >= 4 is 28.4 Å². The maximum atomic E-state index is 5.64. The second-order valence-electron chi connectivity index (χ2n) is 8.87. The van der Waals surface area contributed by atoms with Crippen molar-refractivity contribution in [2.75, 3.05) is 43.6 Å². The number of hydrogen-bond donors (Lipinski definition) is 1. The number of benzene rings is 1. The Bertz CT molecular complexity index is 1330. The first kappa shape index (κ1) is 19.9. The van der Waals surface area contributed by atoms with Gasteiger partial charge in [0.2, 0.25) is 5.95 Å². The van der Waals surface area contributed by atoms with E-state index in [2.05, 4.69) is 25.3 Å². The highest BCUT2D eigenvalue weighted by Crippen LogP contribution is 2.40. The number of anilines is 3. The van der Waals surface area contributed by atoms with Gasteiger partial charge in [0.25, 0.3) is 0 Å². The van der Waals surface area contributed by atoms with Crippen LogP contribution in [0.3, 0.4) is 0 Å². The summed E-state index contributed by atoms with van der Waals surface area (Å²) in [5, 5.41) is 8.54. The highest BCUT2D eigenvalue weighted by molar-refractivity contribution is 5.89. The molecule has 2 aliphatic heterocycles. The van der Waals surface area contributed by atoms with Crippen LogP contribution in [0.25, 0.3) is 22.0 Å². The van der Waals surface area contributed by atoms with E-state index in [1.54, 1.807) is 11.8 Å². The number of hydrogen-bond acceptors (Lipinski definition) is 8. The predicted octanol–water partition coefficient (Wildman–Crippen LogP) is 3.40. The van der Waals surface area contributed by atoms with E-state index in [4.69, 9.17) is 14.5 Å². The topological polar surface area (TPSA) is 90.2 Å². The van der Waals surface area contributed by atoms with Crippen LogP contribution in [0.1, 0.15) is 6.42 Å². The van der Waals surface area contributed by atoms with Gasteiger partial charge in [0.1, 0.15) is 11.3 Å². The number of nitrogens with one attached hydrogen (secondary N) is 1. The lowest BCUT2D eigenvalue weighted by molar-refractivity contribution is -0.0985. The summed E-state index contributed by atoms with van der Waals surface area (Å²) in [6.45, 7) is 3.59. The Kier molecular flexibility index (Phi) is 4.65. The average Bonchev–Trinajstić information content (AvgIpc) is 3.46. The molecule has 0 atom stereocenters. The van der Waals surface area contributed by atoms with Gasteiger partial charge >= 0.3 is 0 Å². The zero-order valence-electron chi connectivity index (χ0n) is 18.7. The molecule has 33 heavy (non-hydrogen) atoms. The summed E-state index contributed by atoms with van der Waals surface area (Å²) in [4.78, 5) is 16.4. The minimum Gasteiger partial charge on any atom is -0.495 e. The van der Waals surface area contributed by atoms with E-state index in [1.807, 2.05) is 56.1 Å². The molecule has 0 bridgehead atoms. The molecule has 1 N–H and O–H groups in total. The minimum absolute atomic E-state index is 0.279. The van der Waals surface area contributed by atoms with E-state index in [-0.39, 0.29) is 5.41 Å². The first-order valence-corrected chi connectivity index (χ1v) is 11.0. The van der Waals surface area contributed by atoms with Crippen molar-refractivity contribution in [1.29, 1.82) is 0 Å². The Labute approximate surface area is 191 Å². The Morgan fingerprint density at radius 1 is 1.12 bits per heavy atom. The molecule has 0 radical (unpaired) electrons. The van der Waals surface area contributed by atoms with Gasteiger partial charge in [0.05, 0.1) is 32.2 Å². The lowest BCUT2D eigenvalue weighted by Crippen LogP contribution is -2.44. The molecule has 0 amide bonds. The van der Waals surface area contributed by atoms with Crippen LogP contribution in [0.4, 0.5) is 17.5 Å². The Morgan fingerprint density at radius 3 is 2.76 bits per heavy atom. The molecule has 3 aromatic heterocycles. The Morgan fingerprint density at radius 2 is 2.03 bits per heavy atom. The number of pyridine rings is 1. The third kappa shape index (κ3) is 3.54. The van der Waals surface area contributed by atoms with Crippen molar-refractivity contribution in [3.63, 3.8) is 0 Å². The fraction of sp³-hybridized carbons (Fsp3) is 0.333. The molecule has 168 valence electrons. The summed E-state index contributed by atoms with van der Waals surface area (Å²) in [6.07, 6.45) is 8.60. The highest BCUT2D eigenvalue weighted by Gasteiger charge is 2.45. The molecule has 4 aromatic rings. The van der Waals surface area contributed by atoms with Gasteiger partial charge in [0, 0.05) is 55.1 Å². The number of nitrogens with zero attached hydrogens (tertiary/aromatic N) is 6. The van der Waals surface area contributed by atoms with Gasteiger partial charge < -0.3 is 19.7 Å². The summed E-state index contributed by atoms with van der Waals surface area (Å²) in [6, 6.07) is 7.93. The highest BCUT2D eigenvalue weighted by atomic mass is 16.5. The number of fused-ring (bicyclic) bond motifs is 1. The summed E-state index contributed by atoms with van der Waals surface area (Å²) >= 11 is 0. The summed E-state index contributed by atoms with van der Waals surface area (Å²) in [5.41, 5.74) is 3.97. The van der Waals surface area contributed by atoms with E-state index in [9.17, 15) is 0 Å². The molecule has 1 spiro atoms. The fourth-order valence-electron chi connectivity index (χ4n) is 4.64. The molecule has 9 heteroatoms. The van der Waals surface area contributed by atoms with Crippen molar-refractivity contribution in [2.45, 2.75) is 6.42 Å². The number of methoxy groups -OCH3 is 1. The number of aromatic nitrogens is 5. The summed E-state index contributed by atoms with van der Waals surface area (Å²) < 4.78 is 12.9. The van der Waals surface area contributed by atoms with E-state index in [0.717, 1.165) is 66.3 Å². The van der Waals surface area contributed by atoms with E-state index >= 15 is 0 Å². The monoisotopic (exact) mass is 443 g/mol. The first-order chi connectivity index (χ1) is 16.1. The number of rotatable bonds is 5. The normalized spacial score (nSPS) is 16.8. The molecule has 2 saturated heterocycles. The molecule has 0 saturated carbocycles. The largest absolute Gasteiger partial charge is 0.495 e. The van der Waals surface area contributed by atoms with Gasteiger partial charge in [-0.1, -0.05) is 6.07 Å². The van der Waals surface area contributed by atoms with Crippen molar-refractivity contribution in [3.05, 3.63) is 49.1 Å². The van der Waals surface area contributed by atoms with E-state index < -0.39 is 0 Å². The lowest BCUT2D eigenvalue weighted by Gasteiger charge is -2.37. The van der Waals surface area contributed by atoms with Crippen LogP contribution in [0.5, 0.6) is 5.75 Å². The zero-order chi connectivity index (χ0) is 22.4. The van der Waals surface area contributed by atoms with Crippen LogP contribution < -0.4 is 15.0 Å². The Balaban J connectivity index is 1.31. The maximum absolute atomic E-state index is 5.64. The molecular formula is C24H25N7O2. The summed E-state index contributed by atoms with van der Waals surface area (Å²) in [7, 11) is 3.56. The number of ether oxygens (including phenoxy) is 2. The first-order valence-electron chi connectivity index (χ1n) is 11.0. The molecule has 9 nitrogen and oxygen atoms in total. The molecule has 2 fully saturated rings. The van der Waals surface area contributed by atoms with Crippen molar-refractivity contribution in [1.82, 2.24) is 24.7 Å². The van der Waals surface area contributed by atoms with Gasteiger partial charge in [-0.2, -0.15) is 5.10 Å². The van der Waals surface area contributed by atoms with Gasteiger partial charge in [-0.3, -0.25) is 4.68 Å². The fourth-order valence-corrected chi connectivity index (χ4v) is 4.64. The second-order valence-corrected chi connectivity index (χ2v) is 8.87. The van der Waals surface area contributed by atoms with Crippen LogP contribution in [-0.2, 0) is 11.8 Å². The molecule has 2 aliphatic rings. The SMILES string of the molecule is COc1cc(-c2cnn(C)c2)ccc1Nc1ncc2ccnc(N3CCC4(COC4)C3)c2n1. The van der Waals surface area contributed by atoms with Gasteiger partial charge in [-0.15, -0.1) is 0 Å². The quantitative estimate of drug-likeness (QED) is 0.502. The van der Waals surface area contributed by atoms with Crippen LogP contribution in [0, 0.1) is 5.41 Å². The molecule has 6 rings (SSSR count). The standard InChI is InChI=1S/C24H25N7O2/c1-30-12-18(11-27-30)16-3-4-19(20(9-16)32-2)28-23-26-10-17-5-7-25-22(21(17)29-23)31-8-6-24(13-31)14-33-15-24/h3-5,7,9-12H,6,8,13-15H2,1-2H3,(H,26,28,29). The van der Waals surface area contributed by atoms with E-state index in [1.165, 1.54) is 0 Å². The van der Waals surface area contributed by atoms with Gasteiger partial charge in [-0.25, -0.2) is 15.0 Å². The molecule has 1 aromatic carbocycles.